The first-order valence-electron chi connectivity index (χ1n) is 6.07. The summed E-state index contributed by atoms with van der Waals surface area (Å²) in [6.45, 7) is 2.12. The highest BCUT2D eigenvalue weighted by molar-refractivity contribution is 7.99. The molecule has 96 valence electrons. The summed E-state index contributed by atoms with van der Waals surface area (Å²) in [7, 11) is 0. The Hall–Kier alpha value is -1.59. The van der Waals surface area contributed by atoms with Gasteiger partial charge in [-0.1, -0.05) is 43.0 Å². The van der Waals surface area contributed by atoms with Gasteiger partial charge in [0.05, 0.1) is 4.88 Å². The number of rotatable bonds is 4. The van der Waals surface area contributed by atoms with E-state index in [0.29, 0.717) is 0 Å². The smallest absolute Gasteiger partial charge is 0.196 e. The minimum atomic E-state index is 0.914. The van der Waals surface area contributed by atoms with Crippen molar-refractivity contribution in [2.45, 2.75) is 12.1 Å². The van der Waals surface area contributed by atoms with E-state index in [1.54, 1.807) is 23.1 Å². The minimum absolute atomic E-state index is 0.914. The van der Waals surface area contributed by atoms with Crippen LogP contribution in [-0.4, -0.2) is 20.5 Å². The number of thiophene rings is 1. The predicted octanol–water partition coefficient (Wildman–Crippen LogP) is 4.11. The highest BCUT2D eigenvalue weighted by Crippen LogP contribution is 2.29. The second-order valence-electron chi connectivity index (χ2n) is 3.89. The second kappa shape index (κ2) is 5.59. The highest BCUT2D eigenvalue weighted by atomic mass is 32.2. The Balaban J connectivity index is 2.16. The van der Waals surface area contributed by atoms with Gasteiger partial charge in [0.15, 0.2) is 11.0 Å². The van der Waals surface area contributed by atoms with Gasteiger partial charge in [0, 0.05) is 5.69 Å². The van der Waals surface area contributed by atoms with Crippen LogP contribution in [0.15, 0.2) is 53.0 Å². The molecule has 0 atom stereocenters. The standard InChI is InChI=1S/C14H13N3S2/c1-2-18-14-16-15-13(12-9-6-10-19-12)17(14)11-7-4-3-5-8-11/h3-10H,2H2,1H3. The zero-order valence-corrected chi connectivity index (χ0v) is 12.1. The van der Waals surface area contributed by atoms with Gasteiger partial charge in [0.25, 0.3) is 0 Å². The summed E-state index contributed by atoms with van der Waals surface area (Å²) in [6, 6.07) is 14.4. The van der Waals surface area contributed by atoms with Crippen molar-refractivity contribution in [3.8, 4) is 16.4 Å². The van der Waals surface area contributed by atoms with E-state index in [2.05, 4.69) is 45.3 Å². The van der Waals surface area contributed by atoms with Crippen molar-refractivity contribution in [2.75, 3.05) is 5.75 Å². The van der Waals surface area contributed by atoms with Crippen LogP contribution in [0.25, 0.3) is 16.4 Å². The summed E-state index contributed by atoms with van der Waals surface area (Å²) in [5.41, 5.74) is 1.10. The molecule has 2 heterocycles. The molecule has 0 aliphatic heterocycles. The zero-order chi connectivity index (χ0) is 13.1. The quantitative estimate of drug-likeness (QED) is 0.677. The molecule has 0 radical (unpaired) electrons. The number of benzene rings is 1. The predicted molar refractivity (Wildman–Crippen MR) is 81.1 cm³/mol. The maximum Gasteiger partial charge on any atom is 0.196 e. The SMILES string of the molecule is CCSc1nnc(-c2cccs2)n1-c1ccccc1. The van der Waals surface area contributed by atoms with Gasteiger partial charge < -0.3 is 0 Å². The fourth-order valence-corrected chi connectivity index (χ4v) is 3.24. The van der Waals surface area contributed by atoms with Crippen LogP contribution in [0.3, 0.4) is 0 Å². The molecular weight excluding hydrogens is 274 g/mol. The molecule has 1 aromatic carbocycles. The summed E-state index contributed by atoms with van der Waals surface area (Å²) in [5.74, 6) is 1.90. The van der Waals surface area contributed by atoms with E-state index in [0.717, 1.165) is 27.3 Å². The molecule has 0 saturated heterocycles. The second-order valence-corrected chi connectivity index (χ2v) is 6.07. The lowest BCUT2D eigenvalue weighted by Crippen LogP contribution is -1.98. The summed E-state index contributed by atoms with van der Waals surface area (Å²) < 4.78 is 2.12. The van der Waals surface area contributed by atoms with Crippen LogP contribution in [0.1, 0.15) is 6.92 Å². The monoisotopic (exact) mass is 287 g/mol. The van der Waals surface area contributed by atoms with Crippen molar-refractivity contribution >= 4 is 23.1 Å². The summed E-state index contributed by atoms with van der Waals surface area (Å²) in [6.07, 6.45) is 0. The summed E-state index contributed by atoms with van der Waals surface area (Å²) in [4.78, 5) is 1.14. The van der Waals surface area contributed by atoms with E-state index >= 15 is 0 Å². The lowest BCUT2D eigenvalue weighted by molar-refractivity contribution is 0.887. The fraction of sp³-hybridized carbons (Fsp3) is 0.143. The van der Waals surface area contributed by atoms with Crippen LogP contribution in [0, 0.1) is 0 Å². The Morgan fingerprint density at radius 1 is 1.11 bits per heavy atom. The van der Waals surface area contributed by atoms with Crippen molar-refractivity contribution in [3.63, 3.8) is 0 Å². The molecule has 2 aromatic heterocycles. The summed E-state index contributed by atoms with van der Waals surface area (Å²) >= 11 is 3.39. The number of para-hydroxylation sites is 1. The Kier molecular flexibility index (Phi) is 3.66. The van der Waals surface area contributed by atoms with Gasteiger partial charge in [0.1, 0.15) is 0 Å². The molecule has 0 N–H and O–H groups in total. The average molecular weight is 287 g/mol. The van der Waals surface area contributed by atoms with Crippen LogP contribution in [0.5, 0.6) is 0 Å². The van der Waals surface area contributed by atoms with Crippen LogP contribution in [-0.2, 0) is 0 Å². The molecule has 0 amide bonds. The number of hydrogen-bond donors (Lipinski definition) is 0. The van der Waals surface area contributed by atoms with Crippen molar-refractivity contribution in [1.82, 2.24) is 14.8 Å². The van der Waals surface area contributed by atoms with Gasteiger partial charge >= 0.3 is 0 Å². The van der Waals surface area contributed by atoms with Crippen molar-refractivity contribution in [3.05, 3.63) is 47.8 Å². The van der Waals surface area contributed by atoms with Gasteiger partial charge in [-0.25, -0.2) is 0 Å². The van der Waals surface area contributed by atoms with E-state index in [1.807, 2.05) is 24.3 Å². The molecule has 3 rings (SSSR count). The molecular formula is C14H13N3S2. The third kappa shape index (κ3) is 2.43. The first-order chi connectivity index (χ1) is 9.40. The first kappa shape index (κ1) is 12.4. The van der Waals surface area contributed by atoms with Gasteiger partial charge in [-0.05, 0) is 29.3 Å². The van der Waals surface area contributed by atoms with Crippen molar-refractivity contribution in [1.29, 1.82) is 0 Å². The van der Waals surface area contributed by atoms with E-state index in [1.165, 1.54) is 0 Å². The Bertz CT molecular complexity index is 645. The Morgan fingerprint density at radius 2 is 1.95 bits per heavy atom. The maximum atomic E-state index is 4.36. The van der Waals surface area contributed by atoms with Crippen LogP contribution >= 0.6 is 23.1 Å². The minimum Gasteiger partial charge on any atom is -0.269 e. The van der Waals surface area contributed by atoms with Crippen LogP contribution in [0.4, 0.5) is 0 Å². The zero-order valence-electron chi connectivity index (χ0n) is 10.5. The van der Waals surface area contributed by atoms with E-state index in [-0.39, 0.29) is 0 Å². The molecule has 0 fully saturated rings. The largest absolute Gasteiger partial charge is 0.269 e. The molecule has 0 unspecified atom stereocenters. The van der Waals surface area contributed by atoms with Crippen molar-refractivity contribution < 1.29 is 0 Å². The van der Waals surface area contributed by atoms with E-state index in [4.69, 9.17) is 0 Å². The lowest BCUT2D eigenvalue weighted by atomic mass is 10.3. The Labute approximate surface area is 120 Å². The maximum absolute atomic E-state index is 4.36. The number of thioether (sulfide) groups is 1. The molecule has 3 aromatic rings. The number of hydrogen-bond acceptors (Lipinski definition) is 4. The van der Waals surface area contributed by atoms with Crippen LogP contribution < -0.4 is 0 Å². The van der Waals surface area contributed by atoms with Gasteiger partial charge in [-0.3, -0.25) is 4.57 Å². The molecule has 0 spiro atoms. The molecule has 0 aliphatic carbocycles. The third-order valence-electron chi connectivity index (χ3n) is 2.66. The highest BCUT2D eigenvalue weighted by Gasteiger charge is 2.15. The molecule has 0 bridgehead atoms. The molecule has 19 heavy (non-hydrogen) atoms. The molecule has 5 heteroatoms. The Morgan fingerprint density at radius 3 is 2.63 bits per heavy atom. The molecule has 3 nitrogen and oxygen atoms in total. The van der Waals surface area contributed by atoms with E-state index < -0.39 is 0 Å². The number of nitrogens with zero attached hydrogens (tertiary/aromatic N) is 3. The summed E-state index contributed by atoms with van der Waals surface area (Å²) in [5, 5.41) is 11.7. The lowest BCUT2D eigenvalue weighted by Gasteiger charge is -2.08. The fourth-order valence-electron chi connectivity index (χ4n) is 1.87. The number of aromatic nitrogens is 3. The molecule has 0 saturated carbocycles. The van der Waals surface area contributed by atoms with Crippen LogP contribution in [0.2, 0.25) is 0 Å². The third-order valence-corrected chi connectivity index (χ3v) is 4.34. The van der Waals surface area contributed by atoms with Gasteiger partial charge in [0.2, 0.25) is 0 Å². The van der Waals surface area contributed by atoms with Gasteiger partial charge in [-0.2, -0.15) is 0 Å². The van der Waals surface area contributed by atoms with Crippen molar-refractivity contribution in [2.24, 2.45) is 0 Å². The molecule has 0 aliphatic rings. The topological polar surface area (TPSA) is 30.7 Å². The van der Waals surface area contributed by atoms with E-state index in [9.17, 15) is 0 Å². The van der Waals surface area contributed by atoms with Gasteiger partial charge in [-0.15, -0.1) is 21.5 Å². The normalized spacial score (nSPS) is 10.8. The first-order valence-corrected chi connectivity index (χ1v) is 7.94. The average Bonchev–Trinajstić information content (AvgIpc) is 3.08.